The molecule has 2 unspecified atom stereocenters. The molecule has 22 heavy (non-hydrogen) atoms. The van der Waals surface area contributed by atoms with Gasteiger partial charge in [-0.2, -0.15) is 0 Å². The van der Waals surface area contributed by atoms with Crippen LogP contribution in [-0.4, -0.2) is 26.0 Å². The molecule has 0 saturated carbocycles. The summed E-state index contributed by atoms with van der Waals surface area (Å²) in [6.07, 6.45) is 0. The van der Waals surface area contributed by atoms with Gasteiger partial charge in [0.2, 0.25) is 0 Å². The molecule has 116 valence electrons. The van der Waals surface area contributed by atoms with Gasteiger partial charge in [-0.1, -0.05) is 61.5 Å². The highest BCUT2D eigenvalue weighted by molar-refractivity contribution is 7.92. The van der Waals surface area contributed by atoms with Crippen LogP contribution in [0.5, 0.6) is 0 Å². The minimum Gasteiger partial charge on any atom is -0.256 e. The Morgan fingerprint density at radius 3 is 2.27 bits per heavy atom. The minimum atomic E-state index is -3.08. The molecule has 0 aliphatic carbocycles. The summed E-state index contributed by atoms with van der Waals surface area (Å²) >= 11 is 0. The van der Waals surface area contributed by atoms with Gasteiger partial charge in [-0.3, -0.25) is 5.43 Å². The standard InChI is InChI=1S/C17H20N2O2S/c1-2-22(20,21)16-12-18-19-17(16)15-10-8-14(9-11-15)13-6-4-3-5-7-13/h3-11,16-19H,2,12H2,1H3. The van der Waals surface area contributed by atoms with Gasteiger partial charge in [-0.25, -0.2) is 13.8 Å². The number of hydrazine groups is 1. The minimum absolute atomic E-state index is 0.166. The second-order valence-corrected chi connectivity index (χ2v) is 7.99. The lowest BCUT2D eigenvalue weighted by atomic mass is 10.00. The fraction of sp³-hybridized carbons (Fsp3) is 0.294. The van der Waals surface area contributed by atoms with Crippen LogP contribution in [0.2, 0.25) is 0 Å². The van der Waals surface area contributed by atoms with Gasteiger partial charge in [-0.15, -0.1) is 0 Å². The first kappa shape index (κ1) is 15.2. The van der Waals surface area contributed by atoms with Crippen LogP contribution in [0.15, 0.2) is 54.6 Å². The molecule has 1 heterocycles. The van der Waals surface area contributed by atoms with E-state index in [1.807, 2.05) is 42.5 Å². The van der Waals surface area contributed by atoms with Gasteiger partial charge in [-0.05, 0) is 16.7 Å². The van der Waals surface area contributed by atoms with Gasteiger partial charge in [0.1, 0.15) is 0 Å². The molecule has 2 N–H and O–H groups in total. The zero-order chi connectivity index (χ0) is 15.6. The summed E-state index contributed by atoms with van der Waals surface area (Å²) in [6, 6.07) is 18.0. The molecule has 0 amide bonds. The van der Waals surface area contributed by atoms with Crippen molar-refractivity contribution < 1.29 is 8.42 Å². The smallest absolute Gasteiger partial charge is 0.156 e. The Bertz CT molecular complexity index is 727. The summed E-state index contributed by atoms with van der Waals surface area (Å²) in [5, 5.41) is -0.417. The molecule has 0 bridgehead atoms. The molecule has 5 heteroatoms. The predicted octanol–water partition coefficient (Wildman–Crippen LogP) is 2.31. The summed E-state index contributed by atoms with van der Waals surface area (Å²) in [5.74, 6) is 0.166. The van der Waals surface area contributed by atoms with Gasteiger partial charge < -0.3 is 0 Å². The molecule has 1 aliphatic heterocycles. The molecule has 3 rings (SSSR count). The van der Waals surface area contributed by atoms with Crippen LogP contribution in [0, 0.1) is 0 Å². The summed E-state index contributed by atoms with van der Waals surface area (Å²) in [7, 11) is -3.08. The SMILES string of the molecule is CCS(=O)(=O)C1CNNC1c1ccc(-c2ccccc2)cc1. The normalized spacial score (nSPS) is 21.9. The fourth-order valence-electron chi connectivity index (χ4n) is 2.84. The van der Waals surface area contributed by atoms with E-state index in [4.69, 9.17) is 0 Å². The van der Waals surface area contributed by atoms with Crippen LogP contribution in [0.3, 0.4) is 0 Å². The maximum absolute atomic E-state index is 12.2. The van der Waals surface area contributed by atoms with Crippen molar-refractivity contribution in [3.8, 4) is 11.1 Å². The van der Waals surface area contributed by atoms with E-state index in [9.17, 15) is 8.42 Å². The van der Waals surface area contributed by atoms with E-state index in [0.717, 1.165) is 16.7 Å². The lowest BCUT2D eigenvalue weighted by Crippen LogP contribution is -2.31. The number of hydrogen-bond acceptors (Lipinski definition) is 4. The van der Waals surface area contributed by atoms with Crippen molar-refractivity contribution in [1.82, 2.24) is 10.9 Å². The monoisotopic (exact) mass is 316 g/mol. The second-order valence-electron chi connectivity index (χ2n) is 5.48. The summed E-state index contributed by atoms with van der Waals surface area (Å²) in [5.41, 5.74) is 9.35. The van der Waals surface area contributed by atoms with E-state index in [-0.39, 0.29) is 11.8 Å². The largest absolute Gasteiger partial charge is 0.256 e. The molecule has 0 aromatic heterocycles. The average Bonchev–Trinajstić information content (AvgIpc) is 3.06. The highest BCUT2D eigenvalue weighted by atomic mass is 32.2. The molecular weight excluding hydrogens is 296 g/mol. The van der Waals surface area contributed by atoms with E-state index in [2.05, 4.69) is 23.0 Å². The molecule has 2 atom stereocenters. The molecule has 0 spiro atoms. The van der Waals surface area contributed by atoms with Gasteiger partial charge in [0.15, 0.2) is 9.84 Å². The highest BCUT2D eigenvalue weighted by Gasteiger charge is 2.37. The maximum atomic E-state index is 12.2. The van der Waals surface area contributed by atoms with Crippen LogP contribution in [0.4, 0.5) is 0 Å². The number of rotatable bonds is 4. The van der Waals surface area contributed by atoms with Crippen molar-refractivity contribution in [2.75, 3.05) is 12.3 Å². The van der Waals surface area contributed by atoms with Crippen LogP contribution in [-0.2, 0) is 9.84 Å². The average molecular weight is 316 g/mol. The van der Waals surface area contributed by atoms with Crippen molar-refractivity contribution in [1.29, 1.82) is 0 Å². The Morgan fingerprint density at radius 2 is 1.64 bits per heavy atom. The first-order valence-electron chi connectivity index (χ1n) is 7.47. The Kier molecular flexibility index (Phi) is 4.29. The lowest BCUT2D eigenvalue weighted by molar-refractivity contribution is 0.554. The van der Waals surface area contributed by atoms with E-state index in [1.165, 1.54) is 0 Å². The summed E-state index contributed by atoms with van der Waals surface area (Å²) in [6.45, 7) is 2.14. The lowest BCUT2D eigenvalue weighted by Gasteiger charge is -2.18. The Morgan fingerprint density at radius 1 is 1.00 bits per heavy atom. The first-order valence-corrected chi connectivity index (χ1v) is 9.18. The zero-order valence-corrected chi connectivity index (χ0v) is 13.3. The molecular formula is C17H20N2O2S. The molecule has 1 aliphatic rings. The van der Waals surface area contributed by atoms with Crippen LogP contribution in [0.25, 0.3) is 11.1 Å². The third-order valence-corrected chi connectivity index (χ3v) is 6.34. The fourth-order valence-corrected chi connectivity index (χ4v) is 4.25. The van der Waals surface area contributed by atoms with Crippen LogP contribution >= 0.6 is 0 Å². The van der Waals surface area contributed by atoms with Crippen molar-refractivity contribution >= 4 is 9.84 Å². The van der Waals surface area contributed by atoms with Gasteiger partial charge >= 0.3 is 0 Å². The van der Waals surface area contributed by atoms with E-state index in [1.54, 1.807) is 6.92 Å². The van der Waals surface area contributed by atoms with E-state index in [0.29, 0.717) is 6.54 Å². The van der Waals surface area contributed by atoms with E-state index >= 15 is 0 Å². The third-order valence-electron chi connectivity index (χ3n) is 4.17. The first-order chi connectivity index (χ1) is 10.6. The van der Waals surface area contributed by atoms with Gasteiger partial charge in [0.25, 0.3) is 0 Å². The Labute approximate surface area is 131 Å². The topological polar surface area (TPSA) is 58.2 Å². The van der Waals surface area contributed by atoms with E-state index < -0.39 is 15.1 Å². The van der Waals surface area contributed by atoms with Gasteiger partial charge in [0.05, 0.1) is 11.3 Å². The molecule has 1 fully saturated rings. The van der Waals surface area contributed by atoms with Crippen LogP contribution < -0.4 is 10.9 Å². The van der Waals surface area contributed by atoms with Crippen molar-refractivity contribution in [2.24, 2.45) is 0 Å². The maximum Gasteiger partial charge on any atom is 0.156 e. The number of benzene rings is 2. The van der Waals surface area contributed by atoms with Crippen LogP contribution in [0.1, 0.15) is 18.5 Å². The number of hydrogen-bond donors (Lipinski definition) is 2. The molecule has 1 saturated heterocycles. The number of nitrogens with one attached hydrogen (secondary N) is 2. The molecule has 2 aromatic rings. The Balaban J connectivity index is 1.87. The highest BCUT2D eigenvalue weighted by Crippen LogP contribution is 2.27. The van der Waals surface area contributed by atoms with Crippen molar-refractivity contribution in [2.45, 2.75) is 18.2 Å². The van der Waals surface area contributed by atoms with Crippen molar-refractivity contribution in [3.63, 3.8) is 0 Å². The zero-order valence-electron chi connectivity index (χ0n) is 12.5. The summed E-state index contributed by atoms with van der Waals surface area (Å²) < 4.78 is 24.4. The summed E-state index contributed by atoms with van der Waals surface area (Å²) in [4.78, 5) is 0. The third kappa shape index (κ3) is 2.92. The second kappa shape index (κ2) is 6.20. The molecule has 4 nitrogen and oxygen atoms in total. The van der Waals surface area contributed by atoms with Gasteiger partial charge in [0, 0.05) is 12.3 Å². The number of sulfone groups is 1. The van der Waals surface area contributed by atoms with Crippen molar-refractivity contribution in [3.05, 3.63) is 60.2 Å². The Hall–Kier alpha value is -1.69. The molecule has 0 radical (unpaired) electrons. The quantitative estimate of drug-likeness (QED) is 0.909. The molecule has 2 aromatic carbocycles. The predicted molar refractivity (Wildman–Crippen MR) is 89.0 cm³/mol.